The Morgan fingerprint density at radius 3 is 2.07 bits per heavy atom. The molecule has 28 heavy (non-hydrogen) atoms. The van der Waals surface area contributed by atoms with Gasteiger partial charge in [-0.2, -0.15) is 0 Å². The number of hydrogen-bond donors (Lipinski definition) is 1. The van der Waals surface area contributed by atoms with E-state index < -0.39 is 0 Å². The highest BCUT2D eigenvalue weighted by Crippen LogP contribution is 2.30. The third-order valence-corrected chi connectivity index (χ3v) is 5.95. The Morgan fingerprint density at radius 1 is 1.00 bits per heavy atom. The molecule has 0 spiro atoms. The van der Waals surface area contributed by atoms with E-state index in [1.165, 1.54) is 12.8 Å². The van der Waals surface area contributed by atoms with E-state index in [1.807, 2.05) is 35.0 Å². The number of hydrogen-bond acceptors (Lipinski definition) is 3. The molecule has 3 rings (SSSR count). The molecule has 1 aromatic rings. The number of amides is 2. The van der Waals surface area contributed by atoms with E-state index in [1.54, 1.807) is 6.07 Å². The topological polar surface area (TPSA) is 52.7 Å². The van der Waals surface area contributed by atoms with Crippen LogP contribution in [0.4, 0.5) is 0 Å². The molecular weight excluding hydrogens is 374 g/mol. The average Bonchev–Trinajstić information content (AvgIpc) is 3.03. The van der Waals surface area contributed by atoms with Gasteiger partial charge >= 0.3 is 0 Å². The Hall–Kier alpha value is -1.59. The third kappa shape index (κ3) is 5.06. The maximum absolute atomic E-state index is 13.1. The standard InChI is InChI=1S/C22H33N3O2.ClH/c1-4-11-25(12-5-2)22(27)17-8-6-7-16(13-17)21(26)24(3)20-14-18-9-10-19(15-20)23-18;/h6-8,13,18-20,23H,4-5,9-12,14-15H2,1-3H3;1H. The zero-order valence-corrected chi connectivity index (χ0v) is 18.1. The molecule has 0 aromatic heterocycles. The molecular formula is C22H34ClN3O2. The number of piperidine rings is 1. The van der Waals surface area contributed by atoms with Crippen molar-refractivity contribution in [2.45, 2.75) is 70.5 Å². The van der Waals surface area contributed by atoms with Crippen LogP contribution in [0.5, 0.6) is 0 Å². The fourth-order valence-electron chi connectivity index (χ4n) is 4.54. The molecule has 2 heterocycles. The summed E-state index contributed by atoms with van der Waals surface area (Å²) in [4.78, 5) is 29.7. The van der Waals surface area contributed by atoms with Gasteiger partial charge in [-0.25, -0.2) is 0 Å². The van der Waals surface area contributed by atoms with Gasteiger partial charge in [-0.15, -0.1) is 12.4 Å². The van der Waals surface area contributed by atoms with Gasteiger partial charge in [0.25, 0.3) is 11.8 Å². The summed E-state index contributed by atoms with van der Waals surface area (Å²) in [5, 5.41) is 3.63. The lowest BCUT2D eigenvalue weighted by molar-refractivity contribution is 0.0681. The predicted octanol–water partition coefficient (Wildman–Crippen LogP) is 3.73. The summed E-state index contributed by atoms with van der Waals surface area (Å²) in [6.45, 7) is 5.67. The lowest BCUT2D eigenvalue weighted by Gasteiger charge is -2.35. The van der Waals surface area contributed by atoms with Gasteiger partial charge in [0.15, 0.2) is 0 Å². The van der Waals surface area contributed by atoms with Crippen molar-refractivity contribution in [3.63, 3.8) is 0 Å². The highest BCUT2D eigenvalue weighted by atomic mass is 35.5. The van der Waals surface area contributed by atoms with Gasteiger partial charge in [0.05, 0.1) is 0 Å². The monoisotopic (exact) mass is 407 g/mol. The Balaban J connectivity index is 0.00000280. The number of nitrogens with one attached hydrogen (secondary N) is 1. The molecule has 6 heteroatoms. The minimum absolute atomic E-state index is 0. The van der Waals surface area contributed by atoms with Crippen molar-refractivity contribution < 1.29 is 9.59 Å². The Morgan fingerprint density at radius 2 is 1.54 bits per heavy atom. The zero-order chi connectivity index (χ0) is 19.4. The lowest BCUT2D eigenvalue weighted by Crippen LogP contribution is -2.48. The van der Waals surface area contributed by atoms with Gasteiger partial charge in [0.2, 0.25) is 0 Å². The van der Waals surface area contributed by atoms with Gasteiger partial charge in [0.1, 0.15) is 0 Å². The van der Waals surface area contributed by atoms with Crippen molar-refractivity contribution in [2.75, 3.05) is 20.1 Å². The smallest absolute Gasteiger partial charge is 0.253 e. The second-order valence-electron chi connectivity index (χ2n) is 8.05. The number of rotatable bonds is 7. The van der Waals surface area contributed by atoms with Crippen molar-refractivity contribution in [1.82, 2.24) is 15.1 Å². The molecule has 2 amide bonds. The molecule has 0 saturated carbocycles. The first-order valence-corrected chi connectivity index (χ1v) is 10.5. The number of halogens is 1. The second kappa shape index (κ2) is 10.3. The van der Waals surface area contributed by atoms with Crippen LogP contribution in [0.15, 0.2) is 24.3 Å². The van der Waals surface area contributed by atoms with Crippen LogP contribution in [0.3, 0.4) is 0 Å². The van der Waals surface area contributed by atoms with Crippen molar-refractivity contribution in [1.29, 1.82) is 0 Å². The lowest BCUT2D eigenvalue weighted by atomic mass is 9.97. The highest BCUT2D eigenvalue weighted by Gasteiger charge is 2.36. The summed E-state index contributed by atoms with van der Waals surface area (Å²) >= 11 is 0. The largest absolute Gasteiger partial charge is 0.339 e. The van der Waals surface area contributed by atoms with E-state index in [9.17, 15) is 9.59 Å². The van der Waals surface area contributed by atoms with E-state index in [2.05, 4.69) is 19.2 Å². The average molecular weight is 408 g/mol. The van der Waals surface area contributed by atoms with Crippen molar-refractivity contribution in [3.05, 3.63) is 35.4 Å². The normalized spacial score (nSPS) is 23.0. The molecule has 2 unspecified atom stereocenters. The fraction of sp³-hybridized carbons (Fsp3) is 0.636. The summed E-state index contributed by atoms with van der Waals surface area (Å²) < 4.78 is 0. The minimum atomic E-state index is 0. The van der Waals surface area contributed by atoms with Crippen molar-refractivity contribution >= 4 is 24.2 Å². The SMILES string of the molecule is CCCN(CCC)C(=O)c1cccc(C(=O)N(C)C2CC3CCC(C2)N3)c1.Cl. The molecule has 0 radical (unpaired) electrons. The maximum Gasteiger partial charge on any atom is 0.253 e. The van der Waals surface area contributed by atoms with Gasteiger partial charge in [-0.3, -0.25) is 9.59 Å². The van der Waals surface area contributed by atoms with E-state index in [0.717, 1.165) is 38.8 Å². The first-order chi connectivity index (χ1) is 13.0. The number of fused-ring (bicyclic) bond motifs is 2. The number of carbonyl (C=O) groups is 2. The Bertz CT molecular complexity index is 664. The Labute approximate surface area is 175 Å². The van der Waals surface area contributed by atoms with Crippen LogP contribution in [0.1, 0.15) is 73.1 Å². The second-order valence-corrected chi connectivity index (χ2v) is 8.05. The van der Waals surface area contributed by atoms with E-state index in [0.29, 0.717) is 23.2 Å². The van der Waals surface area contributed by atoms with Crippen molar-refractivity contribution in [3.8, 4) is 0 Å². The van der Waals surface area contributed by atoms with Crippen LogP contribution in [0.25, 0.3) is 0 Å². The number of benzene rings is 1. The van der Waals surface area contributed by atoms with Crippen LogP contribution in [-0.4, -0.2) is 59.9 Å². The van der Waals surface area contributed by atoms with Crippen LogP contribution in [-0.2, 0) is 0 Å². The minimum Gasteiger partial charge on any atom is -0.339 e. The number of nitrogens with zero attached hydrogens (tertiary/aromatic N) is 2. The summed E-state index contributed by atoms with van der Waals surface area (Å²) in [5.41, 5.74) is 1.23. The van der Waals surface area contributed by atoms with E-state index in [-0.39, 0.29) is 30.3 Å². The zero-order valence-electron chi connectivity index (χ0n) is 17.3. The molecule has 1 N–H and O–H groups in total. The summed E-state index contributed by atoms with van der Waals surface area (Å²) in [6, 6.07) is 8.64. The van der Waals surface area contributed by atoms with Crippen LogP contribution in [0, 0.1) is 0 Å². The molecule has 2 saturated heterocycles. The molecule has 2 bridgehead atoms. The summed E-state index contributed by atoms with van der Waals surface area (Å²) in [7, 11) is 1.91. The molecule has 5 nitrogen and oxygen atoms in total. The van der Waals surface area contributed by atoms with Crippen LogP contribution < -0.4 is 5.32 Å². The first-order valence-electron chi connectivity index (χ1n) is 10.5. The molecule has 0 aliphatic carbocycles. The van der Waals surface area contributed by atoms with Gasteiger partial charge in [-0.1, -0.05) is 19.9 Å². The third-order valence-electron chi connectivity index (χ3n) is 5.95. The molecule has 2 aliphatic heterocycles. The van der Waals surface area contributed by atoms with Gasteiger partial charge in [0, 0.05) is 49.4 Å². The van der Waals surface area contributed by atoms with E-state index in [4.69, 9.17) is 0 Å². The van der Waals surface area contributed by atoms with Gasteiger partial charge < -0.3 is 15.1 Å². The highest BCUT2D eigenvalue weighted by molar-refractivity contribution is 5.99. The van der Waals surface area contributed by atoms with E-state index >= 15 is 0 Å². The quantitative estimate of drug-likeness (QED) is 0.749. The summed E-state index contributed by atoms with van der Waals surface area (Å²) in [5.74, 6) is 0.0457. The van der Waals surface area contributed by atoms with Crippen molar-refractivity contribution in [2.24, 2.45) is 0 Å². The first kappa shape index (κ1) is 22.7. The molecule has 1 aromatic carbocycles. The Kier molecular flexibility index (Phi) is 8.32. The van der Waals surface area contributed by atoms with Crippen LogP contribution >= 0.6 is 12.4 Å². The molecule has 2 aliphatic rings. The predicted molar refractivity (Wildman–Crippen MR) is 115 cm³/mol. The molecule has 2 atom stereocenters. The molecule has 156 valence electrons. The summed E-state index contributed by atoms with van der Waals surface area (Å²) in [6.07, 6.45) is 6.36. The van der Waals surface area contributed by atoms with Gasteiger partial charge in [-0.05, 0) is 56.7 Å². The number of carbonyl (C=O) groups excluding carboxylic acids is 2. The molecule has 2 fully saturated rings. The fourth-order valence-corrected chi connectivity index (χ4v) is 4.54. The maximum atomic E-state index is 13.1. The van der Waals surface area contributed by atoms with Crippen LogP contribution in [0.2, 0.25) is 0 Å².